The summed E-state index contributed by atoms with van der Waals surface area (Å²) in [6.07, 6.45) is 0.364. The second-order valence-electron chi connectivity index (χ2n) is 2.96. The van der Waals surface area contributed by atoms with E-state index in [1.165, 1.54) is 4.90 Å². The number of nitrogens with zero attached hydrogens (tertiary/aromatic N) is 1. The number of halogens is 1. The van der Waals surface area contributed by atoms with Crippen molar-refractivity contribution in [2.24, 2.45) is 5.73 Å². The number of carbonyl (C=O) groups excluding carboxylic acids is 2. The van der Waals surface area contributed by atoms with Crippen LogP contribution >= 0.6 is 11.6 Å². The average molecular weight is 207 g/mol. The van der Waals surface area contributed by atoms with Gasteiger partial charge in [-0.1, -0.05) is 0 Å². The Morgan fingerprint density at radius 3 is 2.69 bits per heavy atom. The molecule has 74 valence electrons. The molecule has 2 amide bonds. The van der Waals surface area contributed by atoms with Crippen molar-refractivity contribution >= 4 is 23.4 Å². The van der Waals surface area contributed by atoms with Crippen molar-refractivity contribution in [1.82, 2.24) is 4.90 Å². The number of aliphatic hydroxyl groups excluding tert-OH is 1. The van der Waals surface area contributed by atoms with E-state index in [-0.39, 0.29) is 11.9 Å². The van der Waals surface area contributed by atoms with Gasteiger partial charge in [0.25, 0.3) is 0 Å². The number of hydrogen-bond donors (Lipinski definition) is 2. The van der Waals surface area contributed by atoms with Gasteiger partial charge in [-0.2, -0.15) is 0 Å². The third-order valence-corrected chi connectivity index (χ3v) is 2.35. The summed E-state index contributed by atoms with van der Waals surface area (Å²) in [6, 6.07) is -0.665. The molecule has 6 heteroatoms. The SMILES string of the molecule is NC(=O)[C@@H]1C[C@H](Cl)CN1C(=O)CO. The first-order valence-corrected chi connectivity index (χ1v) is 4.33. The minimum absolute atomic E-state index is 0.256. The van der Waals surface area contributed by atoms with E-state index in [9.17, 15) is 9.59 Å². The van der Waals surface area contributed by atoms with Gasteiger partial charge in [-0.25, -0.2) is 0 Å². The summed E-state index contributed by atoms with van der Waals surface area (Å²) < 4.78 is 0. The van der Waals surface area contributed by atoms with E-state index in [2.05, 4.69) is 0 Å². The van der Waals surface area contributed by atoms with Crippen LogP contribution in [0.15, 0.2) is 0 Å². The quantitative estimate of drug-likeness (QED) is 0.550. The molecule has 1 rings (SSSR count). The Labute approximate surface area is 80.4 Å². The molecule has 1 aliphatic heterocycles. The molecular formula is C7H11ClN2O3. The third-order valence-electron chi connectivity index (χ3n) is 2.03. The van der Waals surface area contributed by atoms with Crippen LogP contribution in [0, 0.1) is 0 Å². The Bertz CT molecular complexity index is 234. The molecule has 1 saturated heterocycles. The lowest BCUT2D eigenvalue weighted by molar-refractivity contribution is -0.139. The second kappa shape index (κ2) is 3.93. The minimum Gasteiger partial charge on any atom is -0.387 e. The van der Waals surface area contributed by atoms with Gasteiger partial charge in [0.2, 0.25) is 11.8 Å². The molecule has 5 nitrogen and oxygen atoms in total. The van der Waals surface area contributed by atoms with Gasteiger partial charge in [0.1, 0.15) is 12.6 Å². The van der Waals surface area contributed by atoms with Crippen LogP contribution in [0.2, 0.25) is 0 Å². The second-order valence-corrected chi connectivity index (χ2v) is 3.57. The molecule has 2 atom stereocenters. The van der Waals surface area contributed by atoms with Crippen molar-refractivity contribution in [2.45, 2.75) is 17.8 Å². The van der Waals surface area contributed by atoms with Crippen LogP contribution in [-0.4, -0.2) is 46.4 Å². The summed E-state index contributed by atoms with van der Waals surface area (Å²) in [6.45, 7) is -0.345. The highest BCUT2D eigenvalue weighted by Crippen LogP contribution is 2.21. The Morgan fingerprint density at radius 2 is 2.23 bits per heavy atom. The molecule has 0 bridgehead atoms. The first-order chi connectivity index (χ1) is 6.06. The number of primary amides is 1. The highest BCUT2D eigenvalue weighted by Gasteiger charge is 2.37. The summed E-state index contributed by atoms with van der Waals surface area (Å²) in [5.74, 6) is -1.09. The van der Waals surface area contributed by atoms with Gasteiger partial charge in [0.05, 0.1) is 5.38 Å². The van der Waals surface area contributed by atoms with Crippen LogP contribution in [-0.2, 0) is 9.59 Å². The molecule has 0 aliphatic carbocycles. The van der Waals surface area contributed by atoms with E-state index in [4.69, 9.17) is 22.4 Å². The normalized spacial score (nSPS) is 27.7. The summed E-state index contributed by atoms with van der Waals surface area (Å²) in [5, 5.41) is 8.34. The van der Waals surface area contributed by atoms with Crippen LogP contribution in [0.1, 0.15) is 6.42 Å². The van der Waals surface area contributed by atoms with Crippen molar-refractivity contribution in [3.63, 3.8) is 0 Å². The fraction of sp³-hybridized carbons (Fsp3) is 0.714. The third kappa shape index (κ3) is 2.10. The Balaban J connectivity index is 2.71. The molecular weight excluding hydrogens is 196 g/mol. The smallest absolute Gasteiger partial charge is 0.249 e. The van der Waals surface area contributed by atoms with Crippen molar-refractivity contribution in [3.8, 4) is 0 Å². The van der Waals surface area contributed by atoms with Crippen LogP contribution in [0.25, 0.3) is 0 Å². The van der Waals surface area contributed by atoms with Crippen LogP contribution in [0.3, 0.4) is 0 Å². The van der Waals surface area contributed by atoms with Crippen molar-refractivity contribution in [2.75, 3.05) is 13.2 Å². The number of rotatable bonds is 2. The number of hydrogen-bond acceptors (Lipinski definition) is 3. The topological polar surface area (TPSA) is 83.6 Å². The summed E-state index contributed by atoms with van der Waals surface area (Å²) in [5.41, 5.74) is 5.07. The molecule has 0 aromatic rings. The largest absolute Gasteiger partial charge is 0.387 e. The summed E-state index contributed by atoms with van der Waals surface area (Å²) in [4.78, 5) is 23.2. The lowest BCUT2D eigenvalue weighted by Gasteiger charge is -2.20. The maximum absolute atomic E-state index is 11.1. The van der Waals surface area contributed by atoms with Crippen LogP contribution in [0.4, 0.5) is 0 Å². The predicted octanol–water partition coefficient (Wildman–Crippen LogP) is -1.33. The molecule has 0 aromatic heterocycles. The van der Waals surface area contributed by atoms with Gasteiger partial charge < -0.3 is 15.7 Å². The maximum atomic E-state index is 11.1. The predicted molar refractivity (Wildman–Crippen MR) is 46.0 cm³/mol. The number of nitrogens with two attached hydrogens (primary N) is 1. The molecule has 13 heavy (non-hydrogen) atoms. The number of likely N-dealkylation sites (tertiary alicyclic amines) is 1. The molecule has 0 saturated carbocycles. The van der Waals surface area contributed by atoms with Gasteiger partial charge in [0.15, 0.2) is 0 Å². The molecule has 3 N–H and O–H groups in total. The number of aliphatic hydroxyl groups is 1. The maximum Gasteiger partial charge on any atom is 0.249 e. The van der Waals surface area contributed by atoms with Gasteiger partial charge in [-0.05, 0) is 6.42 Å². The van der Waals surface area contributed by atoms with E-state index < -0.39 is 24.5 Å². The molecule has 0 radical (unpaired) electrons. The van der Waals surface area contributed by atoms with Crippen LogP contribution in [0.5, 0.6) is 0 Å². The van der Waals surface area contributed by atoms with Gasteiger partial charge in [0, 0.05) is 6.54 Å². The fourth-order valence-corrected chi connectivity index (χ4v) is 1.74. The highest BCUT2D eigenvalue weighted by atomic mass is 35.5. The zero-order chi connectivity index (χ0) is 10.0. The Hall–Kier alpha value is -0.810. The van der Waals surface area contributed by atoms with Gasteiger partial charge in [-0.15, -0.1) is 11.6 Å². The number of carbonyl (C=O) groups is 2. The van der Waals surface area contributed by atoms with Crippen molar-refractivity contribution in [3.05, 3.63) is 0 Å². The molecule has 0 aromatic carbocycles. The molecule has 1 fully saturated rings. The highest BCUT2D eigenvalue weighted by molar-refractivity contribution is 6.21. The van der Waals surface area contributed by atoms with E-state index in [0.29, 0.717) is 6.42 Å². The fourth-order valence-electron chi connectivity index (χ4n) is 1.42. The van der Waals surface area contributed by atoms with Crippen molar-refractivity contribution in [1.29, 1.82) is 0 Å². The number of amides is 2. The first-order valence-electron chi connectivity index (χ1n) is 3.90. The number of alkyl halides is 1. The van der Waals surface area contributed by atoms with E-state index in [1.54, 1.807) is 0 Å². The van der Waals surface area contributed by atoms with E-state index in [0.717, 1.165) is 0 Å². The van der Waals surface area contributed by atoms with Crippen molar-refractivity contribution < 1.29 is 14.7 Å². The molecule has 0 unspecified atom stereocenters. The lowest BCUT2D eigenvalue weighted by Crippen LogP contribution is -2.44. The Kier molecular flexibility index (Phi) is 3.11. The average Bonchev–Trinajstić information content (AvgIpc) is 2.46. The molecule has 1 aliphatic rings. The monoisotopic (exact) mass is 206 g/mol. The summed E-state index contributed by atoms with van der Waals surface area (Å²) >= 11 is 5.76. The minimum atomic E-state index is -0.665. The first kappa shape index (κ1) is 10.3. The van der Waals surface area contributed by atoms with Crippen LogP contribution < -0.4 is 5.73 Å². The standard InChI is InChI=1S/C7H11ClN2O3/c8-4-1-5(7(9)13)10(2-4)6(12)3-11/h4-5,11H,1-3H2,(H2,9,13)/t4-,5-/m0/s1. The molecule has 1 heterocycles. The zero-order valence-corrected chi connectivity index (χ0v) is 7.70. The lowest BCUT2D eigenvalue weighted by atomic mass is 10.2. The van der Waals surface area contributed by atoms with Gasteiger partial charge in [-0.3, -0.25) is 9.59 Å². The Morgan fingerprint density at radius 1 is 1.62 bits per heavy atom. The zero-order valence-electron chi connectivity index (χ0n) is 6.94. The molecule has 0 spiro atoms. The van der Waals surface area contributed by atoms with E-state index in [1.807, 2.05) is 0 Å². The van der Waals surface area contributed by atoms with E-state index >= 15 is 0 Å². The summed E-state index contributed by atoms with van der Waals surface area (Å²) in [7, 11) is 0. The van der Waals surface area contributed by atoms with Gasteiger partial charge >= 0.3 is 0 Å².